The molecule has 372 valence electrons. The van der Waals surface area contributed by atoms with Gasteiger partial charge in [-0.05, 0) is 110 Å². The van der Waals surface area contributed by atoms with Crippen LogP contribution in [0.25, 0.3) is 0 Å². The largest absolute Gasteiger partial charge is 0.459 e. The van der Waals surface area contributed by atoms with Crippen LogP contribution in [0.4, 0.5) is 4.79 Å². The van der Waals surface area contributed by atoms with E-state index in [1.54, 1.807) is 17.8 Å². The summed E-state index contributed by atoms with van der Waals surface area (Å²) >= 11 is 1.69. The Labute approximate surface area is 411 Å². The number of benzene rings is 3. The van der Waals surface area contributed by atoms with Gasteiger partial charge in [0.1, 0.15) is 29.9 Å². The van der Waals surface area contributed by atoms with Crippen molar-refractivity contribution in [2.75, 3.05) is 39.2 Å². The Balaban J connectivity index is 1.42. The van der Waals surface area contributed by atoms with Crippen LogP contribution in [0, 0.1) is 17.8 Å². The fraction of sp³-hybridized carbons (Fsp3) is 0.579. The highest BCUT2D eigenvalue weighted by Crippen LogP contribution is 2.62. The van der Waals surface area contributed by atoms with Gasteiger partial charge in [-0.25, -0.2) is 4.79 Å². The summed E-state index contributed by atoms with van der Waals surface area (Å²) in [5.41, 5.74) is 3.77. The zero-order valence-electron chi connectivity index (χ0n) is 41.3. The van der Waals surface area contributed by atoms with Gasteiger partial charge in [-0.15, -0.1) is 18.3 Å². The Morgan fingerprint density at radius 2 is 1.54 bits per heavy atom. The smallest absolute Gasteiger partial charge is 0.410 e. The van der Waals surface area contributed by atoms with Crippen LogP contribution in [-0.2, 0) is 20.9 Å². The first-order valence-electron chi connectivity index (χ1n) is 25.9. The zero-order valence-corrected chi connectivity index (χ0v) is 42.1. The normalized spacial score (nSPS) is 22.1. The molecule has 1 saturated carbocycles. The van der Waals surface area contributed by atoms with E-state index in [0.29, 0.717) is 50.3 Å². The van der Waals surface area contributed by atoms with E-state index in [9.17, 15) is 15.0 Å². The minimum atomic E-state index is -1.36. The summed E-state index contributed by atoms with van der Waals surface area (Å²) in [6, 6.07) is 23.6. The molecular formula is C57H80N2O8S. The Bertz CT molecular complexity index is 2030. The second kappa shape index (κ2) is 28.4. The number of hydrogen-bond donors (Lipinski definition) is 2. The van der Waals surface area contributed by atoms with Gasteiger partial charge in [-0.3, -0.25) is 4.90 Å². The number of aliphatic hydroxyl groups excluding tert-OH is 2. The lowest BCUT2D eigenvalue weighted by Crippen LogP contribution is -2.70. The maximum absolute atomic E-state index is 14.7. The van der Waals surface area contributed by atoms with Crippen molar-refractivity contribution in [3.05, 3.63) is 108 Å². The van der Waals surface area contributed by atoms with E-state index in [1.807, 2.05) is 59.5 Å². The second-order valence-corrected chi connectivity index (χ2v) is 19.7. The molecular weight excluding hydrogens is 873 g/mol. The number of carbonyl (C=O) groups is 1. The van der Waals surface area contributed by atoms with Crippen LogP contribution in [0.1, 0.15) is 146 Å². The van der Waals surface area contributed by atoms with Gasteiger partial charge in [0.15, 0.2) is 0 Å². The van der Waals surface area contributed by atoms with Crippen LogP contribution < -0.4 is 9.47 Å². The first-order valence-corrected chi connectivity index (χ1v) is 27.1. The van der Waals surface area contributed by atoms with E-state index in [0.717, 1.165) is 78.0 Å². The Hall–Kier alpha value is -4.29. The Kier molecular flexibility index (Phi) is 22.2. The quantitative estimate of drug-likeness (QED) is 0.0281. The van der Waals surface area contributed by atoms with Crippen LogP contribution in [0.3, 0.4) is 0 Å². The molecule has 0 bridgehead atoms. The predicted molar refractivity (Wildman–Crippen MR) is 275 cm³/mol. The first kappa shape index (κ1) is 53.1. The molecule has 3 aromatic carbocycles. The van der Waals surface area contributed by atoms with Crippen molar-refractivity contribution >= 4 is 23.6 Å². The molecule has 3 aromatic rings. The molecule has 0 aromatic heterocycles. The molecule has 1 fully saturated rings. The van der Waals surface area contributed by atoms with Gasteiger partial charge in [0.2, 0.25) is 5.79 Å². The average molecular weight is 953 g/mol. The molecule has 0 radical (unpaired) electrons. The van der Waals surface area contributed by atoms with Gasteiger partial charge >= 0.3 is 6.09 Å². The molecule has 0 spiro atoms. The Morgan fingerprint density at radius 3 is 2.22 bits per heavy atom. The molecule has 11 heteroatoms. The van der Waals surface area contributed by atoms with Crippen molar-refractivity contribution in [1.82, 2.24) is 4.90 Å². The first-order chi connectivity index (χ1) is 33.4. The highest BCUT2D eigenvalue weighted by molar-refractivity contribution is 7.98. The zero-order chi connectivity index (χ0) is 48.0. The van der Waals surface area contributed by atoms with E-state index >= 15 is 0 Å². The molecule has 3 aliphatic rings. The maximum atomic E-state index is 14.7. The van der Waals surface area contributed by atoms with Crippen LogP contribution in [-0.4, -0.2) is 78.0 Å². The molecule has 6 unspecified atom stereocenters. The maximum Gasteiger partial charge on any atom is 0.410 e. The summed E-state index contributed by atoms with van der Waals surface area (Å²) in [6.45, 7) is 9.91. The van der Waals surface area contributed by atoms with Crippen LogP contribution in [0.15, 0.2) is 107 Å². The van der Waals surface area contributed by atoms with Crippen molar-refractivity contribution in [1.29, 1.82) is 0 Å². The summed E-state index contributed by atoms with van der Waals surface area (Å²) in [5, 5.41) is 25.0. The minimum Gasteiger partial charge on any atom is -0.459 e. The molecule has 10 nitrogen and oxygen atoms in total. The van der Waals surface area contributed by atoms with E-state index < -0.39 is 17.7 Å². The van der Waals surface area contributed by atoms with Crippen LogP contribution >= 0.6 is 11.8 Å². The van der Waals surface area contributed by atoms with E-state index in [-0.39, 0.29) is 50.3 Å². The van der Waals surface area contributed by atoms with Gasteiger partial charge in [0.25, 0.3) is 0 Å². The lowest BCUT2D eigenvalue weighted by atomic mass is 9.55. The third kappa shape index (κ3) is 14.2. The lowest BCUT2D eigenvalue weighted by molar-refractivity contribution is -0.255. The molecule has 1 amide bonds. The topological polar surface area (TPSA) is 119 Å². The third-order valence-electron chi connectivity index (χ3n) is 14.0. The van der Waals surface area contributed by atoms with E-state index in [4.69, 9.17) is 28.9 Å². The second-order valence-electron chi connectivity index (χ2n) is 18.8. The van der Waals surface area contributed by atoms with E-state index in [2.05, 4.69) is 51.0 Å². The van der Waals surface area contributed by atoms with Crippen molar-refractivity contribution in [3.63, 3.8) is 0 Å². The molecule has 1 aliphatic heterocycles. The minimum absolute atomic E-state index is 0.0904. The number of fused-ring (bicyclic) bond motifs is 2. The SMILES string of the molecule is C=CCOC12Oc3ccc(Oc4ccc(SC)cc4)cc3C3C(CCCCO)C(CCCCO)C=C(C(=NOCc4ccccc4)CC1N(CCC)C(=O)OCCCCCCCCCCCC)C32. The average Bonchev–Trinajstić information content (AvgIpc) is 3.36. The third-order valence-corrected chi connectivity index (χ3v) is 14.7. The van der Waals surface area contributed by atoms with Crippen molar-refractivity contribution in [2.45, 2.75) is 159 Å². The van der Waals surface area contributed by atoms with Gasteiger partial charge in [0.05, 0.1) is 24.8 Å². The number of ether oxygens (including phenoxy) is 4. The van der Waals surface area contributed by atoms with Gasteiger partial charge in [0, 0.05) is 42.6 Å². The number of aliphatic hydroxyl groups is 2. The number of nitrogens with zero attached hydrogens (tertiary/aromatic N) is 2. The number of carbonyl (C=O) groups excluding carboxylic acids is 1. The van der Waals surface area contributed by atoms with Crippen molar-refractivity contribution in [2.24, 2.45) is 22.9 Å². The number of rotatable bonds is 31. The fourth-order valence-electron chi connectivity index (χ4n) is 10.7. The van der Waals surface area contributed by atoms with Gasteiger partial charge < -0.3 is 34.0 Å². The molecule has 68 heavy (non-hydrogen) atoms. The van der Waals surface area contributed by atoms with Crippen molar-refractivity contribution < 1.29 is 38.8 Å². The lowest BCUT2D eigenvalue weighted by Gasteiger charge is -2.59. The molecule has 2 N–H and O–H groups in total. The number of amides is 1. The van der Waals surface area contributed by atoms with Gasteiger partial charge in [-0.1, -0.05) is 132 Å². The number of allylic oxidation sites excluding steroid dienone is 1. The number of oxime groups is 1. The summed E-state index contributed by atoms with van der Waals surface area (Å²) < 4.78 is 27.4. The van der Waals surface area contributed by atoms with Gasteiger partial charge in [-0.2, -0.15) is 0 Å². The summed E-state index contributed by atoms with van der Waals surface area (Å²) in [5.74, 6) is 0.365. The monoisotopic (exact) mass is 953 g/mol. The highest BCUT2D eigenvalue weighted by atomic mass is 32.2. The molecule has 2 aliphatic carbocycles. The van der Waals surface area contributed by atoms with E-state index in [1.165, 1.54) is 44.9 Å². The molecule has 1 heterocycles. The molecule has 0 saturated heterocycles. The summed E-state index contributed by atoms with van der Waals surface area (Å²) in [4.78, 5) is 24.0. The Morgan fingerprint density at radius 1 is 0.853 bits per heavy atom. The number of unbranched alkanes of at least 4 members (excludes halogenated alkanes) is 11. The predicted octanol–water partition coefficient (Wildman–Crippen LogP) is 13.8. The fourth-order valence-corrected chi connectivity index (χ4v) is 11.1. The highest BCUT2D eigenvalue weighted by Gasteiger charge is 2.65. The summed E-state index contributed by atoms with van der Waals surface area (Å²) in [7, 11) is 0. The molecule has 6 atom stereocenters. The molecule has 6 rings (SSSR count). The number of thioether (sulfide) groups is 1. The van der Waals surface area contributed by atoms with Crippen LogP contribution in [0.2, 0.25) is 0 Å². The standard InChI is InChI=1S/C57H80N2O8S/c1-5-8-9-10-11-12-13-14-15-23-38-63-56(62)59(34-6-2)53-41-51(58-65-42-43-24-17-16-18-25-43)49-39-44(26-19-21-35-60)48(27-20-22-36-61)54-50-40-46(66-45-28-31-47(68-4)32-29-45)30-33-52(50)67-57(53,55(49)54)64-37-7-3/h7,16-18,24-25,28-33,39-40,44,48,53-55,60-61H,3,5-6,8-15,19-23,26-27,34-38,41-42H2,1-2,4H3. The van der Waals surface area contributed by atoms with Crippen LogP contribution in [0.5, 0.6) is 17.2 Å². The number of hydrogen-bond acceptors (Lipinski definition) is 10. The van der Waals surface area contributed by atoms with Crippen molar-refractivity contribution in [3.8, 4) is 17.2 Å². The summed E-state index contributed by atoms with van der Waals surface area (Å²) in [6.07, 6.45) is 23.5.